The number of carbonyl (C=O) groups is 2. The van der Waals surface area contributed by atoms with Crippen molar-refractivity contribution in [2.75, 3.05) is 6.61 Å². The van der Waals surface area contributed by atoms with Crippen LogP contribution in [0.15, 0.2) is 35.5 Å². The fraction of sp³-hybridized carbons (Fsp3) is 0.667. The molecule has 4 nitrogen and oxygen atoms in total. The summed E-state index contributed by atoms with van der Waals surface area (Å²) in [5.41, 5.74) is 2.27. The van der Waals surface area contributed by atoms with Crippen LogP contribution in [0.5, 0.6) is 0 Å². The van der Waals surface area contributed by atoms with Crippen LogP contribution in [0, 0.1) is 34.5 Å². The first-order valence-corrected chi connectivity index (χ1v) is 10.6. The summed E-state index contributed by atoms with van der Waals surface area (Å²) >= 11 is 0. The average Bonchev–Trinajstić information content (AvgIpc) is 2.92. The number of ether oxygens (including phenoxy) is 1. The van der Waals surface area contributed by atoms with Crippen LogP contribution in [-0.4, -0.2) is 29.6 Å². The van der Waals surface area contributed by atoms with Gasteiger partial charge in [-0.25, -0.2) is 0 Å². The second kappa shape index (κ2) is 6.69. The van der Waals surface area contributed by atoms with Crippen LogP contribution in [0.25, 0.3) is 0 Å². The summed E-state index contributed by atoms with van der Waals surface area (Å²) in [5, 5.41) is 11.3. The maximum atomic E-state index is 12.0. The summed E-state index contributed by atoms with van der Waals surface area (Å²) in [5.74, 6) is 1.28. The molecule has 3 fully saturated rings. The van der Waals surface area contributed by atoms with Crippen LogP contribution >= 0.6 is 0 Å². The van der Waals surface area contributed by atoms with E-state index in [1.807, 2.05) is 6.08 Å². The molecule has 28 heavy (non-hydrogen) atoms. The van der Waals surface area contributed by atoms with E-state index in [9.17, 15) is 14.7 Å². The molecule has 4 rings (SSSR count). The molecule has 0 amide bonds. The quantitative estimate of drug-likeness (QED) is 0.577. The van der Waals surface area contributed by atoms with E-state index >= 15 is 0 Å². The standard InChI is InChI=1S/C24H32O4/c1-14-11-18-19-6-5-16(8-10-28-15(2)25)24(19,4)13-21(27)22(18)23(3)9-7-17(26)12-20(14)23/h7-9,12,14,18-19,21-22,27H,5-6,10-11,13H2,1-4H3/b16-8+/t14-,18-,19+,21+,22-,23-,24+/m0/s1. The molecule has 4 aliphatic rings. The van der Waals surface area contributed by atoms with Crippen molar-refractivity contribution >= 4 is 11.8 Å². The second-order valence-corrected chi connectivity index (χ2v) is 9.81. The molecular formula is C24H32O4. The van der Waals surface area contributed by atoms with Gasteiger partial charge in [0.2, 0.25) is 0 Å². The lowest BCUT2D eigenvalue weighted by Gasteiger charge is -2.59. The molecule has 0 heterocycles. The Morgan fingerprint density at radius 1 is 1.39 bits per heavy atom. The summed E-state index contributed by atoms with van der Waals surface area (Å²) in [7, 11) is 0. The molecule has 4 heteroatoms. The van der Waals surface area contributed by atoms with Crippen LogP contribution in [0.4, 0.5) is 0 Å². The number of esters is 1. The Kier molecular flexibility index (Phi) is 4.69. The van der Waals surface area contributed by atoms with Crippen LogP contribution < -0.4 is 0 Å². The van der Waals surface area contributed by atoms with Crippen molar-refractivity contribution in [3.05, 3.63) is 35.5 Å². The summed E-state index contributed by atoms with van der Waals surface area (Å²) in [4.78, 5) is 23.1. The van der Waals surface area contributed by atoms with Gasteiger partial charge in [-0.1, -0.05) is 38.0 Å². The summed E-state index contributed by atoms with van der Waals surface area (Å²) in [6.07, 6.45) is 11.2. The lowest BCUT2D eigenvalue weighted by molar-refractivity contribution is -0.139. The van der Waals surface area contributed by atoms with E-state index in [2.05, 4.69) is 32.9 Å². The van der Waals surface area contributed by atoms with Gasteiger partial charge in [0, 0.05) is 18.3 Å². The van der Waals surface area contributed by atoms with Gasteiger partial charge in [-0.2, -0.15) is 0 Å². The molecule has 0 aromatic carbocycles. The number of aliphatic hydroxyl groups is 1. The zero-order valence-electron chi connectivity index (χ0n) is 17.4. The molecule has 0 bridgehead atoms. The first-order chi connectivity index (χ1) is 13.2. The first kappa shape index (κ1) is 19.6. The molecule has 152 valence electrons. The van der Waals surface area contributed by atoms with E-state index in [0.717, 1.165) is 25.7 Å². The minimum Gasteiger partial charge on any atom is -0.462 e. The zero-order chi connectivity index (χ0) is 20.3. The first-order valence-electron chi connectivity index (χ1n) is 10.6. The fourth-order valence-corrected chi connectivity index (χ4v) is 7.19. The number of allylic oxidation sites excluding steroid dienone is 5. The summed E-state index contributed by atoms with van der Waals surface area (Å²) in [6, 6.07) is 0. The minimum atomic E-state index is -0.403. The molecule has 3 saturated carbocycles. The number of ketones is 1. The van der Waals surface area contributed by atoms with Gasteiger partial charge < -0.3 is 9.84 Å². The van der Waals surface area contributed by atoms with Crippen molar-refractivity contribution in [2.45, 2.75) is 59.5 Å². The average molecular weight is 385 g/mol. The largest absolute Gasteiger partial charge is 0.462 e. The highest BCUT2D eigenvalue weighted by atomic mass is 16.5. The number of carbonyl (C=O) groups excluding carboxylic acids is 2. The maximum Gasteiger partial charge on any atom is 0.302 e. The van der Waals surface area contributed by atoms with Crippen molar-refractivity contribution in [3.63, 3.8) is 0 Å². The van der Waals surface area contributed by atoms with Crippen molar-refractivity contribution in [3.8, 4) is 0 Å². The number of fused-ring (bicyclic) bond motifs is 5. The molecule has 0 saturated heterocycles. The van der Waals surface area contributed by atoms with Gasteiger partial charge in [-0.05, 0) is 67.1 Å². The van der Waals surface area contributed by atoms with Gasteiger partial charge in [0.05, 0.1) is 6.10 Å². The van der Waals surface area contributed by atoms with Gasteiger partial charge in [-0.15, -0.1) is 0 Å². The van der Waals surface area contributed by atoms with E-state index in [4.69, 9.17) is 4.74 Å². The molecule has 0 radical (unpaired) electrons. The molecule has 0 spiro atoms. The van der Waals surface area contributed by atoms with Crippen LogP contribution in [0.2, 0.25) is 0 Å². The molecule has 1 N–H and O–H groups in total. The van der Waals surface area contributed by atoms with Crippen LogP contribution in [0.3, 0.4) is 0 Å². The number of rotatable bonds is 2. The second-order valence-electron chi connectivity index (χ2n) is 9.81. The third-order valence-corrected chi connectivity index (χ3v) is 8.28. The molecule has 0 aromatic rings. The Morgan fingerprint density at radius 2 is 2.14 bits per heavy atom. The fourth-order valence-electron chi connectivity index (χ4n) is 7.19. The lowest BCUT2D eigenvalue weighted by atomic mass is 9.46. The number of aliphatic hydroxyl groups excluding tert-OH is 1. The lowest BCUT2D eigenvalue weighted by Crippen LogP contribution is -2.56. The highest BCUT2D eigenvalue weighted by molar-refractivity contribution is 6.01. The van der Waals surface area contributed by atoms with Crippen LogP contribution in [-0.2, 0) is 14.3 Å². The van der Waals surface area contributed by atoms with Crippen molar-refractivity contribution < 1.29 is 19.4 Å². The van der Waals surface area contributed by atoms with Crippen molar-refractivity contribution in [1.82, 2.24) is 0 Å². The van der Waals surface area contributed by atoms with E-state index in [1.54, 1.807) is 6.08 Å². The monoisotopic (exact) mass is 384 g/mol. The topological polar surface area (TPSA) is 63.6 Å². The zero-order valence-corrected chi connectivity index (χ0v) is 17.4. The molecular weight excluding hydrogens is 352 g/mol. The third-order valence-electron chi connectivity index (χ3n) is 8.28. The predicted molar refractivity (Wildman–Crippen MR) is 107 cm³/mol. The van der Waals surface area contributed by atoms with Gasteiger partial charge in [0.1, 0.15) is 6.61 Å². The van der Waals surface area contributed by atoms with Gasteiger partial charge in [-0.3, -0.25) is 9.59 Å². The van der Waals surface area contributed by atoms with Crippen molar-refractivity contribution in [2.24, 2.45) is 34.5 Å². The maximum absolute atomic E-state index is 12.0. The molecule has 0 aromatic heterocycles. The summed E-state index contributed by atoms with van der Waals surface area (Å²) in [6.45, 7) is 8.50. The third kappa shape index (κ3) is 2.83. The van der Waals surface area contributed by atoms with Crippen LogP contribution in [0.1, 0.15) is 53.4 Å². The molecule has 4 aliphatic carbocycles. The van der Waals surface area contributed by atoms with E-state index in [-0.39, 0.29) is 28.5 Å². The number of hydrogen-bond donors (Lipinski definition) is 1. The smallest absolute Gasteiger partial charge is 0.302 e. The SMILES string of the molecule is CC(=O)OC/C=C1\CC[C@@H]2[C@@H]3C[C@H](C)C4=CC(=O)C=C[C@]4(C)[C@@H]3[C@H](O)C[C@]12C. The highest BCUT2D eigenvalue weighted by Gasteiger charge is 2.61. The molecule has 7 atom stereocenters. The molecule has 0 unspecified atom stereocenters. The normalized spacial score (nSPS) is 45.9. The van der Waals surface area contributed by atoms with E-state index < -0.39 is 6.10 Å². The van der Waals surface area contributed by atoms with E-state index in [1.165, 1.54) is 18.1 Å². The van der Waals surface area contributed by atoms with Gasteiger partial charge in [0.15, 0.2) is 5.78 Å². The summed E-state index contributed by atoms with van der Waals surface area (Å²) < 4.78 is 5.15. The minimum absolute atomic E-state index is 0.0355. The molecule has 0 aliphatic heterocycles. The van der Waals surface area contributed by atoms with E-state index in [0.29, 0.717) is 24.4 Å². The Balaban J connectivity index is 1.67. The Hall–Kier alpha value is -1.68. The Morgan fingerprint density at radius 3 is 2.86 bits per heavy atom. The van der Waals surface area contributed by atoms with Crippen molar-refractivity contribution in [1.29, 1.82) is 0 Å². The number of hydrogen-bond acceptors (Lipinski definition) is 4. The Bertz CT molecular complexity index is 790. The Labute approximate surface area is 167 Å². The predicted octanol–water partition coefficient (Wildman–Crippen LogP) is 4.00. The van der Waals surface area contributed by atoms with Gasteiger partial charge >= 0.3 is 5.97 Å². The van der Waals surface area contributed by atoms with Gasteiger partial charge in [0.25, 0.3) is 0 Å². The highest BCUT2D eigenvalue weighted by Crippen LogP contribution is 2.66.